The summed E-state index contributed by atoms with van der Waals surface area (Å²) in [5, 5.41) is 0.906. The first-order valence-electron chi connectivity index (χ1n) is 5.18. The summed E-state index contributed by atoms with van der Waals surface area (Å²) < 4.78 is 19.2. The molecule has 16 heavy (non-hydrogen) atoms. The fourth-order valence-corrected chi connectivity index (χ4v) is 2.60. The summed E-state index contributed by atoms with van der Waals surface area (Å²) in [5.74, 6) is 1.43. The molecule has 0 aliphatic rings. The molecule has 0 saturated carbocycles. The van der Waals surface area contributed by atoms with Crippen LogP contribution in [0.1, 0.15) is 13.8 Å². The molecule has 0 fully saturated rings. The second kappa shape index (κ2) is 6.60. The van der Waals surface area contributed by atoms with Crippen LogP contribution >= 0.6 is 31.9 Å². The van der Waals surface area contributed by atoms with Gasteiger partial charge in [0.15, 0.2) is 0 Å². The molecule has 0 heterocycles. The van der Waals surface area contributed by atoms with E-state index in [0.29, 0.717) is 28.7 Å². The predicted molar refractivity (Wildman–Crippen MR) is 71.7 cm³/mol. The summed E-state index contributed by atoms with van der Waals surface area (Å²) in [6, 6.07) is 4.46. The van der Waals surface area contributed by atoms with E-state index < -0.39 is 0 Å². The summed E-state index contributed by atoms with van der Waals surface area (Å²) in [6.45, 7) is 4.96. The fraction of sp³-hybridized carbons (Fsp3) is 0.500. The lowest BCUT2D eigenvalue weighted by atomic mass is 9.99. The standard InChI is InChI=1S/C12H15Br2FO/c1-8(2)9(6-13)7-16-12-4-3-10(15)5-11(12)14/h3-5,8-9H,6-7H2,1-2H3. The van der Waals surface area contributed by atoms with Crippen molar-refractivity contribution in [2.24, 2.45) is 11.8 Å². The Balaban J connectivity index is 2.60. The molecule has 4 heteroatoms. The van der Waals surface area contributed by atoms with Crippen LogP contribution in [0.4, 0.5) is 4.39 Å². The van der Waals surface area contributed by atoms with Gasteiger partial charge >= 0.3 is 0 Å². The van der Waals surface area contributed by atoms with Crippen molar-refractivity contribution in [3.8, 4) is 5.75 Å². The molecule has 0 amide bonds. The van der Waals surface area contributed by atoms with Gasteiger partial charge in [-0.3, -0.25) is 0 Å². The Morgan fingerprint density at radius 3 is 2.56 bits per heavy atom. The third kappa shape index (κ3) is 4.06. The first-order chi connectivity index (χ1) is 7.54. The number of rotatable bonds is 5. The number of hydrogen-bond donors (Lipinski definition) is 0. The number of ether oxygens (including phenoxy) is 1. The third-order valence-electron chi connectivity index (χ3n) is 2.49. The van der Waals surface area contributed by atoms with Crippen LogP contribution in [-0.2, 0) is 0 Å². The molecule has 0 spiro atoms. The first-order valence-corrected chi connectivity index (χ1v) is 7.10. The van der Waals surface area contributed by atoms with Crippen LogP contribution in [0, 0.1) is 17.7 Å². The highest BCUT2D eigenvalue weighted by Crippen LogP contribution is 2.26. The van der Waals surface area contributed by atoms with Crippen LogP contribution in [0.2, 0.25) is 0 Å². The van der Waals surface area contributed by atoms with Gasteiger partial charge in [-0.2, -0.15) is 0 Å². The number of halogens is 3. The molecule has 0 aliphatic carbocycles. The van der Waals surface area contributed by atoms with Crippen molar-refractivity contribution in [3.05, 3.63) is 28.5 Å². The molecule has 0 aliphatic heterocycles. The lowest BCUT2D eigenvalue weighted by molar-refractivity contribution is 0.226. The minimum absolute atomic E-state index is 0.264. The van der Waals surface area contributed by atoms with Gasteiger partial charge in [-0.05, 0) is 40.0 Å². The summed E-state index contributed by atoms with van der Waals surface area (Å²) in [6.07, 6.45) is 0. The van der Waals surface area contributed by atoms with Crippen LogP contribution in [0.3, 0.4) is 0 Å². The molecular formula is C12H15Br2FO. The van der Waals surface area contributed by atoms with E-state index in [2.05, 4.69) is 45.7 Å². The maximum Gasteiger partial charge on any atom is 0.133 e. The number of benzene rings is 1. The van der Waals surface area contributed by atoms with Gasteiger partial charge in [0.2, 0.25) is 0 Å². The Kier molecular flexibility index (Phi) is 5.76. The molecule has 0 bridgehead atoms. The van der Waals surface area contributed by atoms with Gasteiger partial charge in [0.05, 0.1) is 11.1 Å². The van der Waals surface area contributed by atoms with Gasteiger partial charge in [0.1, 0.15) is 11.6 Å². The van der Waals surface area contributed by atoms with Gasteiger partial charge in [-0.25, -0.2) is 4.39 Å². The lowest BCUT2D eigenvalue weighted by Gasteiger charge is -2.19. The lowest BCUT2D eigenvalue weighted by Crippen LogP contribution is -2.19. The second-order valence-electron chi connectivity index (χ2n) is 4.04. The van der Waals surface area contributed by atoms with E-state index in [0.717, 1.165) is 5.33 Å². The molecule has 1 rings (SSSR count). The van der Waals surface area contributed by atoms with E-state index in [1.807, 2.05) is 0 Å². The molecule has 0 radical (unpaired) electrons. The molecule has 0 aromatic heterocycles. The van der Waals surface area contributed by atoms with Crippen LogP contribution in [0.25, 0.3) is 0 Å². The zero-order valence-corrected chi connectivity index (χ0v) is 12.5. The molecule has 1 nitrogen and oxygen atoms in total. The van der Waals surface area contributed by atoms with E-state index in [1.165, 1.54) is 12.1 Å². The molecule has 1 unspecified atom stereocenters. The van der Waals surface area contributed by atoms with Gasteiger partial charge in [-0.1, -0.05) is 29.8 Å². The Morgan fingerprint density at radius 2 is 2.06 bits per heavy atom. The average Bonchev–Trinajstić information content (AvgIpc) is 2.21. The average molecular weight is 354 g/mol. The topological polar surface area (TPSA) is 9.23 Å². The maximum absolute atomic E-state index is 12.8. The number of hydrogen-bond acceptors (Lipinski definition) is 1. The van der Waals surface area contributed by atoms with Crippen LogP contribution in [0.5, 0.6) is 5.75 Å². The van der Waals surface area contributed by atoms with Crippen molar-refractivity contribution in [2.75, 3.05) is 11.9 Å². The highest BCUT2D eigenvalue weighted by atomic mass is 79.9. The molecule has 1 aromatic rings. The molecule has 0 saturated heterocycles. The Morgan fingerprint density at radius 1 is 1.38 bits per heavy atom. The zero-order valence-electron chi connectivity index (χ0n) is 9.34. The highest BCUT2D eigenvalue weighted by Gasteiger charge is 2.13. The van der Waals surface area contributed by atoms with E-state index in [1.54, 1.807) is 6.07 Å². The molecular weight excluding hydrogens is 339 g/mol. The SMILES string of the molecule is CC(C)C(CBr)COc1ccc(F)cc1Br. The smallest absolute Gasteiger partial charge is 0.133 e. The summed E-state index contributed by atoms with van der Waals surface area (Å²) in [7, 11) is 0. The normalized spacial score (nSPS) is 12.9. The maximum atomic E-state index is 12.8. The van der Waals surface area contributed by atoms with Gasteiger partial charge < -0.3 is 4.74 Å². The van der Waals surface area contributed by atoms with Crippen LogP contribution in [-0.4, -0.2) is 11.9 Å². The van der Waals surface area contributed by atoms with Crippen molar-refractivity contribution in [1.29, 1.82) is 0 Å². The van der Waals surface area contributed by atoms with Crippen molar-refractivity contribution in [1.82, 2.24) is 0 Å². The highest BCUT2D eigenvalue weighted by molar-refractivity contribution is 9.10. The molecule has 1 atom stereocenters. The van der Waals surface area contributed by atoms with Crippen molar-refractivity contribution in [2.45, 2.75) is 13.8 Å². The fourth-order valence-electron chi connectivity index (χ4n) is 1.20. The summed E-state index contributed by atoms with van der Waals surface area (Å²) in [4.78, 5) is 0. The quantitative estimate of drug-likeness (QED) is 0.701. The van der Waals surface area contributed by atoms with Gasteiger partial charge in [-0.15, -0.1) is 0 Å². The summed E-state index contributed by atoms with van der Waals surface area (Å²) >= 11 is 6.75. The van der Waals surface area contributed by atoms with Crippen molar-refractivity contribution in [3.63, 3.8) is 0 Å². The Labute approximate surface area is 113 Å². The first kappa shape index (κ1) is 14.0. The van der Waals surface area contributed by atoms with E-state index >= 15 is 0 Å². The molecule has 0 N–H and O–H groups in total. The molecule has 1 aromatic carbocycles. The monoisotopic (exact) mass is 352 g/mol. The third-order valence-corrected chi connectivity index (χ3v) is 3.94. The minimum Gasteiger partial charge on any atom is -0.492 e. The van der Waals surface area contributed by atoms with E-state index in [9.17, 15) is 4.39 Å². The summed E-state index contributed by atoms with van der Waals surface area (Å²) in [5.41, 5.74) is 0. The molecule has 90 valence electrons. The predicted octanol–water partition coefficient (Wildman–Crippen LogP) is 4.63. The Hall–Kier alpha value is -0.0900. The van der Waals surface area contributed by atoms with Crippen molar-refractivity contribution >= 4 is 31.9 Å². The van der Waals surface area contributed by atoms with Crippen molar-refractivity contribution < 1.29 is 9.13 Å². The van der Waals surface area contributed by atoms with Gasteiger partial charge in [0, 0.05) is 11.2 Å². The second-order valence-corrected chi connectivity index (χ2v) is 5.55. The van der Waals surface area contributed by atoms with Crippen LogP contribution < -0.4 is 4.74 Å². The number of alkyl halides is 1. The largest absolute Gasteiger partial charge is 0.492 e. The Bertz CT molecular complexity index is 342. The van der Waals surface area contributed by atoms with E-state index in [4.69, 9.17) is 4.74 Å². The zero-order chi connectivity index (χ0) is 12.1. The van der Waals surface area contributed by atoms with Crippen LogP contribution in [0.15, 0.2) is 22.7 Å². The van der Waals surface area contributed by atoms with Gasteiger partial charge in [0.25, 0.3) is 0 Å². The van der Waals surface area contributed by atoms with E-state index in [-0.39, 0.29) is 5.82 Å². The minimum atomic E-state index is -0.264.